The largest absolute Gasteiger partial charge is 0.303 e. The molecule has 0 aromatic carbocycles. The number of hydrogen-bond donors (Lipinski definition) is 0. The van der Waals surface area contributed by atoms with Crippen molar-refractivity contribution in [1.82, 2.24) is 0 Å². The Bertz CT molecular complexity index is 322. The topological polar surface area (TPSA) is 17.1 Å². The van der Waals surface area contributed by atoms with Crippen LogP contribution in [-0.4, -0.2) is 6.29 Å². The van der Waals surface area contributed by atoms with Crippen LogP contribution in [0, 0.1) is 22.7 Å². The van der Waals surface area contributed by atoms with E-state index in [2.05, 4.69) is 19.9 Å². The first kappa shape index (κ1) is 11.9. The van der Waals surface area contributed by atoms with E-state index in [4.69, 9.17) is 0 Å². The Morgan fingerprint density at radius 3 is 2.69 bits per heavy atom. The summed E-state index contributed by atoms with van der Waals surface area (Å²) in [6, 6.07) is 0. The molecule has 3 rings (SSSR count). The molecule has 1 nitrogen and oxygen atoms in total. The fourth-order valence-electron chi connectivity index (χ4n) is 3.28. The quantitative estimate of drug-likeness (QED) is 0.517. The molecule has 1 fully saturated rings. The Kier molecular flexibility index (Phi) is 2.76. The van der Waals surface area contributed by atoms with Crippen LogP contribution in [0.4, 0.5) is 0 Å². The van der Waals surface area contributed by atoms with Crippen LogP contribution < -0.4 is 0 Å². The van der Waals surface area contributed by atoms with Gasteiger partial charge >= 0.3 is 0 Å². The van der Waals surface area contributed by atoms with Crippen LogP contribution in [0.25, 0.3) is 0 Å². The van der Waals surface area contributed by atoms with Gasteiger partial charge in [0.2, 0.25) is 0 Å². The van der Waals surface area contributed by atoms with Crippen LogP contribution in [0.3, 0.4) is 0 Å². The lowest BCUT2D eigenvalue weighted by Gasteiger charge is -2.56. The van der Waals surface area contributed by atoms with Crippen molar-refractivity contribution in [3.05, 3.63) is 11.6 Å². The molecule has 1 saturated carbocycles. The summed E-state index contributed by atoms with van der Waals surface area (Å²) < 4.78 is 0. The maximum absolute atomic E-state index is 10.9. The average Bonchev–Trinajstić information content (AvgIpc) is 2.26. The van der Waals surface area contributed by atoms with E-state index in [0.717, 1.165) is 31.0 Å². The first-order valence-corrected chi connectivity index (χ1v) is 6.52. The van der Waals surface area contributed by atoms with Crippen molar-refractivity contribution in [1.29, 1.82) is 0 Å². The van der Waals surface area contributed by atoms with Crippen LogP contribution in [0.5, 0.6) is 0 Å². The fourth-order valence-corrected chi connectivity index (χ4v) is 3.28. The highest BCUT2D eigenvalue weighted by atomic mass is 16.1. The third-order valence-corrected chi connectivity index (χ3v) is 4.96. The second-order valence-electron chi connectivity index (χ2n) is 6.93. The van der Waals surface area contributed by atoms with E-state index in [1.807, 2.05) is 13.8 Å². The molecule has 0 N–H and O–H groups in total. The van der Waals surface area contributed by atoms with Crippen LogP contribution in [-0.2, 0) is 4.79 Å². The average molecular weight is 220 g/mol. The Morgan fingerprint density at radius 1 is 1.50 bits per heavy atom. The van der Waals surface area contributed by atoms with Crippen molar-refractivity contribution in [3.63, 3.8) is 0 Å². The maximum Gasteiger partial charge on any atom is 0.125 e. The molecular formula is C15H24O. The number of carbonyl (C=O) groups is 1. The summed E-state index contributed by atoms with van der Waals surface area (Å²) in [5.41, 5.74) is 2.00. The van der Waals surface area contributed by atoms with E-state index >= 15 is 0 Å². The fraction of sp³-hybridized carbons (Fsp3) is 0.800. The van der Waals surface area contributed by atoms with Gasteiger partial charge in [-0.3, -0.25) is 0 Å². The zero-order valence-electron chi connectivity index (χ0n) is 11.0. The van der Waals surface area contributed by atoms with Crippen LogP contribution in [0.1, 0.15) is 53.4 Å². The highest BCUT2D eigenvalue weighted by molar-refractivity contribution is 5.57. The van der Waals surface area contributed by atoms with Crippen LogP contribution >= 0.6 is 0 Å². The number of hydrogen-bond acceptors (Lipinski definition) is 1. The molecule has 2 bridgehead atoms. The SMILES string of the molecule is CC(C)(C=O)CCC1=CC[C@@H]2C[C@H]1C2(C)C. The second kappa shape index (κ2) is 3.72. The molecule has 0 spiro atoms. The molecule has 0 unspecified atom stereocenters. The molecule has 0 saturated heterocycles. The number of rotatable bonds is 4. The van der Waals surface area contributed by atoms with Gasteiger partial charge in [-0.25, -0.2) is 0 Å². The van der Waals surface area contributed by atoms with E-state index in [0.29, 0.717) is 5.41 Å². The lowest BCUT2D eigenvalue weighted by Crippen LogP contribution is -2.48. The van der Waals surface area contributed by atoms with Gasteiger partial charge in [0.25, 0.3) is 0 Å². The molecule has 0 heterocycles. The molecule has 0 aromatic rings. The van der Waals surface area contributed by atoms with Gasteiger partial charge in [0, 0.05) is 5.41 Å². The molecule has 3 aliphatic carbocycles. The van der Waals surface area contributed by atoms with E-state index in [-0.39, 0.29) is 5.41 Å². The standard InChI is InChI=1S/C15H24O/c1-14(2,10-16)8-7-11-5-6-12-9-13(11)15(12,3)4/h5,10,12-13H,6-9H2,1-4H3/t12-,13-/m1/s1. The Labute approximate surface area is 99.3 Å². The van der Waals surface area contributed by atoms with Crippen molar-refractivity contribution in [2.75, 3.05) is 0 Å². The minimum absolute atomic E-state index is 0.147. The van der Waals surface area contributed by atoms with E-state index in [9.17, 15) is 4.79 Å². The van der Waals surface area contributed by atoms with Gasteiger partial charge in [0.15, 0.2) is 0 Å². The molecule has 2 atom stereocenters. The lowest BCUT2D eigenvalue weighted by molar-refractivity contribution is -0.115. The highest BCUT2D eigenvalue weighted by Gasteiger charge is 2.50. The minimum Gasteiger partial charge on any atom is -0.303 e. The smallest absolute Gasteiger partial charge is 0.125 e. The predicted octanol–water partition coefficient (Wildman–Crippen LogP) is 3.98. The molecule has 0 aromatic heterocycles. The van der Waals surface area contributed by atoms with Gasteiger partial charge in [0.05, 0.1) is 0 Å². The van der Waals surface area contributed by atoms with Gasteiger partial charge < -0.3 is 4.79 Å². The Morgan fingerprint density at radius 2 is 2.19 bits per heavy atom. The van der Waals surface area contributed by atoms with Crippen molar-refractivity contribution in [2.24, 2.45) is 22.7 Å². The Balaban J connectivity index is 1.97. The molecular weight excluding hydrogens is 196 g/mol. The normalized spacial score (nSPS) is 31.6. The zero-order chi connectivity index (χ0) is 12.0. The Hall–Kier alpha value is -0.590. The van der Waals surface area contributed by atoms with Gasteiger partial charge in [-0.1, -0.05) is 39.3 Å². The first-order valence-electron chi connectivity index (χ1n) is 6.52. The molecule has 90 valence electrons. The summed E-state index contributed by atoms with van der Waals surface area (Å²) in [5, 5.41) is 0. The first-order chi connectivity index (χ1) is 7.37. The molecule has 1 heteroatoms. The molecule has 0 aliphatic heterocycles. The number of fused-ring (bicyclic) bond motifs is 1. The van der Waals surface area contributed by atoms with Crippen molar-refractivity contribution in [3.8, 4) is 0 Å². The van der Waals surface area contributed by atoms with E-state index in [1.165, 1.54) is 12.8 Å². The highest BCUT2D eigenvalue weighted by Crippen LogP contribution is 2.60. The number of carbonyl (C=O) groups excluding carboxylic acids is 1. The number of allylic oxidation sites excluding steroid dienone is 2. The van der Waals surface area contributed by atoms with Crippen molar-refractivity contribution in [2.45, 2.75) is 53.4 Å². The maximum atomic E-state index is 10.9. The van der Waals surface area contributed by atoms with Gasteiger partial charge in [-0.05, 0) is 42.9 Å². The van der Waals surface area contributed by atoms with Crippen molar-refractivity contribution < 1.29 is 4.79 Å². The summed E-state index contributed by atoms with van der Waals surface area (Å²) in [7, 11) is 0. The molecule has 3 aliphatic rings. The van der Waals surface area contributed by atoms with Crippen molar-refractivity contribution >= 4 is 6.29 Å². The molecule has 0 amide bonds. The zero-order valence-corrected chi connectivity index (χ0v) is 11.0. The predicted molar refractivity (Wildman–Crippen MR) is 67.2 cm³/mol. The van der Waals surface area contributed by atoms with E-state index < -0.39 is 0 Å². The summed E-state index contributed by atoms with van der Waals surface area (Å²) in [4.78, 5) is 10.9. The van der Waals surface area contributed by atoms with Gasteiger partial charge in [-0.2, -0.15) is 0 Å². The van der Waals surface area contributed by atoms with Gasteiger partial charge in [0.1, 0.15) is 6.29 Å². The van der Waals surface area contributed by atoms with Crippen LogP contribution in [0.2, 0.25) is 0 Å². The third kappa shape index (κ3) is 1.85. The monoisotopic (exact) mass is 220 g/mol. The minimum atomic E-state index is -0.147. The summed E-state index contributed by atoms with van der Waals surface area (Å²) >= 11 is 0. The van der Waals surface area contributed by atoms with Crippen LogP contribution in [0.15, 0.2) is 11.6 Å². The molecule has 0 radical (unpaired) electrons. The van der Waals surface area contributed by atoms with E-state index in [1.54, 1.807) is 5.57 Å². The van der Waals surface area contributed by atoms with Gasteiger partial charge in [-0.15, -0.1) is 0 Å². The summed E-state index contributed by atoms with van der Waals surface area (Å²) in [5.74, 6) is 1.72. The second-order valence-corrected chi connectivity index (χ2v) is 6.93. The number of aldehydes is 1. The summed E-state index contributed by atoms with van der Waals surface area (Å²) in [6.45, 7) is 8.89. The molecule has 16 heavy (non-hydrogen) atoms. The lowest BCUT2D eigenvalue weighted by atomic mass is 9.48. The summed E-state index contributed by atoms with van der Waals surface area (Å²) in [6.07, 6.45) is 8.32. The third-order valence-electron chi connectivity index (χ3n) is 4.96.